The van der Waals surface area contributed by atoms with Crippen LogP contribution in [0.15, 0.2) is 48.6 Å². The zero-order valence-corrected chi connectivity index (χ0v) is 50.3. The largest absolute Gasteiger partial charge is 0.462 e. The Labute approximate surface area is 467 Å². The molecule has 0 aromatic rings. The Morgan fingerprint density at radius 1 is 0.267 bits per heavy atom. The lowest BCUT2D eigenvalue weighted by Crippen LogP contribution is -2.30. The molecule has 0 amide bonds. The van der Waals surface area contributed by atoms with Gasteiger partial charge in [0.1, 0.15) is 13.2 Å². The molecule has 0 bridgehead atoms. The summed E-state index contributed by atoms with van der Waals surface area (Å²) in [5.41, 5.74) is 0. The summed E-state index contributed by atoms with van der Waals surface area (Å²) in [6, 6.07) is 0. The molecule has 0 rings (SSSR count). The van der Waals surface area contributed by atoms with Crippen LogP contribution < -0.4 is 0 Å². The predicted octanol–water partition coefficient (Wildman–Crippen LogP) is 22.6. The van der Waals surface area contributed by atoms with E-state index in [9.17, 15) is 14.4 Å². The SMILES string of the molecule is CCC/C=C\CCCCCCCC(=O)OCC(COC(=O)CCCCCCCCCCCCCCCCCCCC/C=C\C/C=C\C/C=C\CCCCCCC)OC(=O)CCCCCCCCCCCCCCCC. The molecule has 6 heteroatoms. The second kappa shape index (κ2) is 63.9. The monoisotopic (exact) mass is 1050 g/mol. The third kappa shape index (κ3) is 62.1. The first-order chi connectivity index (χ1) is 37.0. The molecular weight excluding hydrogens is 925 g/mol. The van der Waals surface area contributed by atoms with E-state index in [2.05, 4.69) is 69.4 Å². The molecule has 1 unspecified atom stereocenters. The Morgan fingerprint density at radius 2 is 0.507 bits per heavy atom. The maximum Gasteiger partial charge on any atom is 0.306 e. The number of allylic oxidation sites excluding steroid dienone is 8. The van der Waals surface area contributed by atoms with Crippen molar-refractivity contribution in [1.82, 2.24) is 0 Å². The highest BCUT2D eigenvalue weighted by Gasteiger charge is 2.19. The summed E-state index contributed by atoms with van der Waals surface area (Å²) in [6.07, 6.45) is 80.1. The third-order valence-corrected chi connectivity index (χ3v) is 14.8. The quantitative estimate of drug-likeness (QED) is 0.0261. The Balaban J connectivity index is 4.04. The fraction of sp³-hybridized carbons (Fsp3) is 0.841. The summed E-state index contributed by atoms with van der Waals surface area (Å²) in [7, 11) is 0. The van der Waals surface area contributed by atoms with Crippen LogP contribution in [0.3, 0.4) is 0 Å². The van der Waals surface area contributed by atoms with Gasteiger partial charge in [0.05, 0.1) is 0 Å². The molecule has 0 aliphatic heterocycles. The van der Waals surface area contributed by atoms with Gasteiger partial charge in [0.2, 0.25) is 0 Å². The van der Waals surface area contributed by atoms with Crippen molar-refractivity contribution >= 4 is 17.9 Å². The maximum atomic E-state index is 12.8. The van der Waals surface area contributed by atoms with Gasteiger partial charge in [0.25, 0.3) is 0 Å². The molecule has 0 fully saturated rings. The van der Waals surface area contributed by atoms with E-state index in [1.165, 1.54) is 231 Å². The van der Waals surface area contributed by atoms with Crippen LogP contribution in [0.1, 0.15) is 355 Å². The molecule has 0 radical (unpaired) electrons. The van der Waals surface area contributed by atoms with Crippen LogP contribution in [0, 0.1) is 0 Å². The van der Waals surface area contributed by atoms with Crippen molar-refractivity contribution in [3.05, 3.63) is 48.6 Å². The summed E-state index contributed by atoms with van der Waals surface area (Å²) in [5.74, 6) is -0.862. The summed E-state index contributed by atoms with van der Waals surface area (Å²) in [5, 5.41) is 0. The number of esters is 3. The van der Waals surface area contributed by atoms with Crippen LogP contribution in [-0.2, 0) is 28.6 Å². The van der Waals surface area contributed by atoms with E-state index in [1.807, 2.05) is 0 Å². The molecule has 0 spiro atoms. The number of hydrogen-bond donors (Lipinski definition) is 0. The van der Waals surface area contributed by atoms with Crippen molar-refractivity contribution < 1.29 is 28.6 Å². The molecule has 0 aromatic carbocycles. The average Bonchev–Trinajstić information content (AvgIpc) is 3.41. The molecule has 0 aliphatic rings. The second-order valence-corrected chi connectivity index (χ2v) is 22.4. The van der Waals surface area contributed by atoms with Gasteiger partial charge in [-0.25, -0.2) is 0 Å². The number of ether oxygens (including phenoxy) is 3. The molecule has 0 heterocycles. The lowest BCUT2D eigenvalue weighted by Gasteiger charge is -2.18. The van der Waals surface area contributed by atoms with Gasteiger partial charge in [-0.05, 0) is 77.0 Å². The molecule has 0 aliphatic carbocycles. The Bertz CT molecular complexity index is 1300. The number of carbonyl (C=O) groups excluding carboxylic acids is 3. The lowest BCUT2D eigenvalue weighted by atomic mass is 10.0. The second-order valence-electron chi connectivity index (χ2n) is 22.4. The normalized spacial score (nSPS) is 12.3. The van der Waals surface area contributed by atoms with Gasteiger partial charge in [0.15, 0.2) is 6.10 Å². The van der Waals surface area contributed by atoms with Crippen LogP contribution >= 0.6 is 0 Å². The highest BCUT2D eigenvalue weighted by Crippen LogP contribution is 2.18. The Morgan fingerprint density at radius 3 is 0.813 bits per heavy atom. The maximum absolute atomic E-state index is 12.8. The van der Waals surface area contributed by atoms with E-state index in [0.717, 1.165) is 83.5 Å². The average molecular weight is 1050 g/mol. The van der Waals surface area contributed by atoms with Gasteiger partial charge < -0.3 is 14.2 Å². The zero-order valence-electron chi connectivity index (χ0n) is 50.3. The summed E-state index contributed by atoms with van der Waals surface area (Å²) in [6.45, 7) is 6.60. The van der Waals surface area contributed by atoms with Gasteiger partial charge in [0, 0.05) is 19.3 Å². The molecule has 438 valence electrons. The van der Waals surface area contributed by atoms with Crippen molar-refractivity contribution in [2.24, 2.45) is 0 Å². The van der Waals surface area contributed by atoms with E-state index in [1.54, 1.807) is 0 Å². The van der Waals surface area contributed by atoms with Crippen molar-refractivity contribution in [3.63, 3.8) is 0 Å². The van der Waals surface area contributed by atoms with E-state index in [4.69, 9.17) is 14.2 Å². The molecule has 0 N–H and O–H groups in total. The van der Waals surface area contributed by atoms with Crippen LogP contribution in [-0.4, -0.2) is 37.2 Å². The fourth-order valence-corrected chi connectivity index (χ4v) is 9.81. The van der Waals surface area contributed by atoms with Crippen molar-refractivity contribution in [1.29, 1.82) is 0 Å². The first kappa shape index (κ1) is 72.4. The molecule has 0 saturated carbocycles. The highest BCUT2D eigenvalue weighted by molar-refractivity contribution is 5.71. The van der Waals surface area contributed by atoms with Crippen molar-refractivity contribution in [3.8, 4) is 0 Å². The lowest BCUT2D eigenvalue weighted by molar-refractivity contribution is -0.167. The van der Waals surface area contributed by atoms with Gasteiger partial charge in [-0.15, -0.1) is 0 Å². The summed E-state index contributed by atoms with van der Waals surface area (Å²) >= 11 is 0. The molecule has 1 atom stereocenters. The van der Waals surface area contributed by atoms with E-state index in [-0.39, 0.29) is 31.1 Å². The van der Waals surface area contributed by atoms with E-state index >= 15 is 0 Å². The third-order valence-electron chi connectivity index (χ3n) is 14.8. The van der Waals surface area contributed by atoms with Crippen LogP contribution in [0.5, 0.6) is 0 Å². The Hall–Kier alpha value is -2.63. The minimum atomic E-state index is -0.771. The van der Waals surface area contributed by atoms with E-state index in [0.29, 0.717) is 19.3 Å². The molecule has 0 saturated heterocycles. The van der Waals surface area contributed by atoms with Crippen LogP contribution in [0.2, 0.25) is 0 Å². The van der Waals surface area contributed by atoms with Gasteiger partial charge in [-0.1, -0.05) is 307 Å². The smallest absolute Gasteiger partial charge is 0.306 e. The molecule has 0 aromatic heterocycles. The predicted molar refractivity (Wildman–Crippen MR) is 325 cm³/mol. The van der Waals surface area contributed by atoms with Crippen molar-refractivity contribution in [2.45, 2.75) is 361 Å². The minimum absolute atomic E-state index is 0.0706. The molecular formula is C69H126O6. The Kier molecular flexibility index (Phi) is 61.7. The summed E-state index contributed by atoms with van der Waals surface area (Å²) < 4.78 is 16.9. The van der Waals surface area contributed by atoms with Crippen molar-refractivity contribution in [2.75, 3.05) is 13.2 Å². The molecule has 75 heavy (non-hydrogen) atoms. The number of unbranched alkanes of at least 4 members (excludes halogenated alkanes) is 42. The van der Waals surface area contributed by atoms with Gasteiger partial charge in [-0.2, -0.15) is 0 Å². The fourth-order valence-electron chi connectivity index (χ4n) is 9.81. The molecule has 6 nitrogen and oxygen atoms in total. The zero-order chi connectivity index (χ0) is 54.3. The first-order valence-electron chi connectivity index (χ1n) is 33.1. The van der Waals surface area contributed by atoms with E-state index < -0.39 is 6.10 Å². The number of hydrogen-bond acceptors (Lipinski definition) is 6. The topological polar surface area (TPSA) is 78.9 Å². The summed E-state index contributed by atoms with van der Waals surface area (Å²) in [4.78, 5) is 38.1. The first-order valence-corrected chi connectivity index (χ1v) is 33.1. The number of carbonyl (C=O) groups is 3. The van der Waals surface area contributed by atoms with Gasteiger partial charge in [-0.3, -0.25) is 14.4 Å². The standard InChI is InChI=1S/C69H126O6/c1-4-7-10-13-16-19-22-24-26-27-28-29-30-31-32-33-34-35-36-37-38-39-40-41-42-43-44-46-47-50-53-56-59-62-68(71)74-65-66(64-73-67(70)61-58-55-52-49-21-18-15-12-9-6-3)75-69(72)63-60-57-54-51-48-45-25-23-20-17-14-11-8-5-2/h12,15,22,24,27-28,30-31,66H,4-11,13-14,16-21,23,25-26,29,32-65H2,1-3H3/b15-12-,24-22-,28-27-,31-30-. The minimum Gasteiger partial charge on any atom is -0.462 e. The number of rotatable bonds is 61. The highest BCUT2D eigenvalue weighted by atomic mass is 16.6. The van der Waals surface area contributed by atoms with Crippen LogP contribution in [0.4, 0.5) is 0 Å². The van der Waals surface area contributed by atoms with Crippen LogP contribution in [0.25, 0.3) is 0 Å². The van der Waals surface area contributed by atoms with Gasteiger partial charge >= 0.3 is 17.9 Å².